The largest absolute Gasteiger partial charge is 0.473 e. The van der Waals surface area contributed by atoms with E-state index in [1.54, 1.807) is 13.3 Å². The number of nitrogens with zero attached hydrogens (tertiary/aromatic N) is 1. The van der Waals surface area contributed by atoms with Crippen molar-refractivity contribution in [1.29, 1.82) is 0 Å². The summed E-state index contributed by atoms with van der Waals surface area (Å²) in [5.41, 5.74) is 0. The van der Waals surface area contributed by atoms with Crippen LogP contribution in [0.15, 0.2) is 6.20 Å². The van der Waals surface area contributed by atoms with Crippen molar-refractivity contribution in [2.24, 2.45) is 0 Å². The second kappa shape index (κ2) is 31.6. The molecule has 0 spiro atoms. The Labute approximate surface area is 148 Å². The van der Waals surface area contributed by atoms with Gasteiger partial charge in [0.25, 0.3) is 5.19 Å². The zero-order chi connectivity index (χ0) is 15.4. The molecule has 0 saturated carbocycles. The molecule has 0 atom stereocenters. The number of hydrogen-bond acceptors (Lipinski definition) is 3. The molecule has 1 rings (SSSR count). The van der Waals surface area contributed by atoms with Gasteiger partial charge in [0.05, 0.1) is 18.7 Å². The number of unbranched alkanes of at least 4 members (excludes halogenated alkanes) is 3. The van der Waals surface area contributed by atoms with E-state index in [2.05, 4.69) is 51.9 Å². The third kappa shape index (κ3) is 36.2. The van der Waals surface area contributed by atoms with Crippen LogP contribution in [0.3, 0.4) is 0 Å². The molecule has 4 heteroatoms. The molecule has 0 saturated heterocycles. The molecule has 0 aromatic carbocycles. The predicted octanol–water partition coefficient (Wildman–Crippen LogP) is 5.43. The molecule has 1 heterocycles. The van der Waals surface area contributed by atoms with Gasteiger partial charge in [-0.25, -0.2) is 4.98 Å². The van der Waals surface area contributed by atoms with Gasteiger partial charge in [-0.2, -0.15) is 0 Å². The second-order valence-electron chi connectivity index (χ2n) is 3.51. The first kappa shape index (κ1) is 28.4. The minimum Gasteiger partial charge on any atom is -0.473 e. The molecular formula is C16H31NOSSn. The van der Waals surface area contributed by atoms with Crippen molar-refractivity contribution in [1.82, 2.24) is 4.98 Å². The minimum absolute atomic E-state index is 0. The molecule has 0 aliphatic rings. The van der Waals surface area contributed by atoms with Gasteiger partial charge in [0, 0.05) is 23.9 Å². The van der Waals surface area contributed by atoms with Gasteiger partial charge in [-0.15, -0.1) is 0 Å². The van der Waals surface area contributed by atoms with Crippen LogP contribution in [0.1, 0.15) is 59.3 Å². The molecule has 8 radical (unpaired) electrons. The molecule has 1 aromatic heterocycles. The molecule has 0 unspecified atom stereocenters. The molecule has 2 nitrogen and oxygen atoms in total. The zero-order valence-corrected chi connectivity index (χ0v) is 17.4. The first-order valence-electron chi connectivity index (χ1n) is 6.91. The van der Waals surface area contributed by atoms with Crippen LogP contribution in [-0.4, -0.2) is 36.0 Å². The second-order valence-corrected chi connectivity index (χ2v) is 4.30. The van der Waals surface area contributed by atoms with E-state index in [0.717, 1.165) is 19.3 Å². The number of aromatic nitrogens is 1. The number of thiazole rings is 1. The Kier molecular flexibility index (Phi) is 44.8. The molecule has 0 aliphatic heterocycles. The topological polar surface area (TPSA) is 22.1 Å². The van der Waals surface area contributed by atoms with Crippen molar-refractivity contribution in [2.75, 3.05) is 7.11 Å². The van der Waals surface area contributed by atoms with E-state index >= 15 is 0 Å². The number of ether oxygens (including phenoxy) is 1. The molecule has 0 fully saturated rings. The van der Waals surface area contributed by atoms with E-state index in [1.165, 1.54) is 30.6 Å². The Bertz CT molecular complexity index is 191. The summed E-state index contributed by atoms with van der Waals surface area (Å²) in [6.45, 7) is 17.2. The van der Waals surface area contributed by atoms with Crippen LogP contribution in [0.4, 0.5) is 0 Å². The van der Waals surface area contributed by atoms with Crippen LogP contribution in [0, 0.1) is 26.2 Å². The van der Waals surface area contributed by atoms with Crippen molar-refractivity contribution in [3.63, 3.8) is 0 Å². The maximum atomic E-state index is 4.73. The van der Waals surface area contributed by atoms with Gasteiger partial charge in [-0.05, 0) is 0 Å². The van der Waals surface area contributed by atoms with Gasteiger partial charge < -0.3 is 4.74 Å². The van der Waals surface area contributed by atoms with Crippen LogP contribution in [0.2, 0.25) is 0 Å². The minimum atomic E-state index is 0. The predicted molar refractivity (Wildman–Crippen MR) is 94.1 cm³/mol. The summed E-state index contributed by atoms with van der Waals surface area (Å²) < 4.78 is 4.73. The average molecular weight is 404 g/mol. The molecule has 20 heavy (non-hydrogen) atoms. The van der Waals surface area contributed by atoms with Crippen molar-refractivity contribution in [2.45, 2.75) is 59.3 Å². The molecule has 0 N–H and O–H groups in total. The van der Waals surface area contributed by atoms with E-state index in [4.69, 9.17) is 4.74 Å². The summed E-state index contributed by atoms with van der Waals surface area (Å²) in [7, 11) is 1.59. The fourth-order valence-corrected chi connectivity index (χ4v) is 0.672. The zero-order valence-electron chi connectivity index (χ0n) is 13.7. The molecule has 0 amide bonds. The van der Waals surface area contributed by atoms with Gasteiger partial charge in [0.15, 0.2) is 0 Å². The molecule has 116 valence electrons. The van der Waals surface area contributed by atoms with E-state index < -0.39 is 0 Å². The van der Waals surface area contributed by atoms with Gasteiger partial charge in [-0.3, -0.25) is 0 Å². The fraction of sp³-hybridized carbons (Fsp3) is 0.625. The first-order chi connectivity index (χ1) is 9.17. The smallest absolute Gasteiger partial charge is 0.273 e. The Morgan fingerprint density at radius 2 is 1.40 bits per heavy atom. The van der Waals surface area contributed by atoms with Crippen molar-refractivity contribution in [3.05, 3.63) is 32.3 Å². The number of methoxy groups -OCH3 is 1. The quantitative estimate of drug-likeness (QED) is 0.625. The standard InChI is InChI=1S/C4H4NOS.3C4H9.Sn/c1-6-4-5-2-3-7-4;3*1-3-4-2;/h2H,1H3;3*1,3-4H2,2H3;. The number of rotatable bonds is 4. The van der Waals surface area contributed by atoms with E-state index in [0.29, 0.717) is 5.19 Å². The third-order valence-electron chi connectivity index (χ3n) is 1.60. The van der Waals surface area contributed by atoms with E-state index in [1.807, 2.05) is 0 Å². The maximum absolute atomic E-state index is 4.73. The number of hydrogen-bond donors (Lipinski definition) is 0. The van der Waals surface area contributed by atoms with Crippen molar-refractivity contribution < 1.29 is 4.74 Å². The summed E-state index contributed by atoms with van der Waals surface area (Å²) >= 11 is 1.36. The Morgan fingerprint density at radius 1 is 1.05 bits per heavy atom. The van der Waals surface area contributed by atoms with Gasteiger partial charge >= 0.3 is 0 Å². The van der Waals surface area contributed by atoms with Crippen LogP contribution in [0.25, 0.3) is 0 Å². The summed E-state index contributed by atoms with van der Waals surface area (Å²) in [5, 5.41) is 3.45. The summed E-state index contributed by atoms with van der Waals surface area (Å²) in [5.74, 6) is 0. The van der Waals surface area contributed by atoms with Gasteiger partial charge in [-0.1, -0.05) is 91.4 Å². The molecular weight excluding hydrogens is 373 g/mol. The van der Waals surface area contributed by atoms with Crippen LogP contribution < -0.4 is 4.74 Å². The molecule has 1 aromatic rings. The van der Waals surface area contributed by atoms with Crippen LogP contribution in [0.5, 0.6) is 5.19 Å². The van der Waals surface area contributed by atoms with Gasteiger partial charge in [0.2, 0.25) is 0 Å². The fourth-order valence-electron chi connectivity index (χ4n) is 0.277. The summed E-state index contributed by atoms with van der Waals surface area (Å²) in [4.78, 5) is 3.78. The normalized spacial score (nSPS) is 7.55. The van der Waals surface area contributed by atoms with Crippen molar-refractivity contribution >= 4 is 35.2 Å². The molecule has 0 aliphatic carbocycles. The third-order valence-corrected chi connectivity index (χ3v) is 2.27. The monoisotopic (exact) mass is 405 g/mol. The summed E-state index contributed by atoms with van der Waals surface area (Å²) in [6, 6.07) is 0. The Balaban J connectivity index is -0.0000000881. The average Bonchev–Trinajstić information content (AvgIpc) is 3.01. The summed E-state index contributed by atoms with van der Waals surface area (Å²) in [6.07, 6.45) is 8.42. The van der Waals surface area contributed by atoms with E-state index in [9.17, 15) is 0 Å². The van der Waals surface area contributed by atoms with Crippen LogP contribution >= 0.6 is 11.3 Å². The van der Waals surface area contributed by atoms with Crippen molar-refractivity contribution in [3.8, 4) is 5.19 Å². The van der Waals surface area contributed by atoms with Gasteiger partial charge in [0.1, 0.15) is 0 Å². The maximum Gasteiger partial charge on any atom is 0.273 e. The SMILES string of the molecule is COc1nc[c]s1.[CH2]CCC.[CH2]CCC.[CH2]CCC.[Sn]. The molecule has 0 bridgehead atoms. The van der Waals surface area contributed by atoms with Crippen LogP contribution in [-0.2, 0) is 0 Å². The Morgan fingerprint density at radius 3 is 1.50 bits per heavy atom. The Hall–Kier alpha value is 0.229. The first-order valence-corrected chi connectivity index (χ1v) is 7.73. The van der Waals surface area contributed by atoms with E-state index in [-0.39, 0.29) is 23.9 Å².